The van der Waals surface area contributed by atoms with Crippen LogP contribution in [0, 0.1) is 17.8 Å². The molecule has 1 amide bonds. The van der Waals surface area contributed by atoms with Gasteiger partial charge in [0.15, 0.2) is 5.92 Å². The lowest BCUT2D eigenvalue weighted by Gasteiger charge is -2.22. The van der Waals surface area contributed by atoms with Crippen molar-refractivity contribution < 1.29 is 23.9 Å². The molecule has 0 aromatic carbocycles. The molecule has 2 atom stereocenters. The van der Waals surface area contributed by atoms with E-state index in [-0.39, 0.29) is 25.0 Å². The van der Waals surface area contributed by atoms with Crippen molar-refractivity contribution in [2.45, 2.75) is 13.8 Å². The molecule has 1 saturated heterocycles. The summed E-state index contributed by atoms with van der Waals surface area (Å²) in [6.45, 7) is 8.07. The molecule has 1 aliphatic heterocycles. The molecular formula is C15H22BrNO5. The van der Waals surface area contributed by atoms with Crippen molar-refractivity contribution in [1.29, 1.82) is 0 Å². The average molecular weight is 376 g/mol. The molecule has 0 radical (unpaired) electrons. The summed E-state index contributed by atoms with van der Waals surface area (Å²) < 4.78 is 9.95. The predicted molar refractivity (Wildman–Crippen MR) is 84.3 cm³/mol. The van der Waals surface area contributed by atoms with Gasteiger partial charge in [-0.05, 0) is 19.8 Å². The lowest BCUT2D eigenvalue weighted by Crippen LogP contribution is -2.41. The molecule has 6 nitrogen and oxygen atoms in total. The molecule has 0 aromatic heterocycles. The highest BCUT2D eigenvalue weighted by molar-refractivity contribution is 9.09. The molecule has 22 heavy (non-hydrogen) atoms. The van der Waals surface area contributed by atoms with Crippen LogP contribution in [-0.2, 0) is 23.9 Å². The van der Waals surface area contributed by atoms with Gasteiger partial charge in [-0.2, -0.15) is 0 Å². The fraction of sp³-hybridized carbons (Fsp3) is 0.667. The first-order valence-electron chi connectivity index (χ1n) is 7.30. The molecule has 1 fully saturated rings. The van der Waals surface area contributed by atoms with Crippen LogP contribution in [0.15, 0.2) is 12.7 Å². The Morgan fingerprint density at radius 1 is 1.36 bits per heavy atom. The molecule has 7 heteroatoms. The minimum atomic E-state index is -1.22. The molecule has 1 rings (SSSR count). The number of ether oxygens (including phenoxy) is 2. The Kier molecular flexibility index (Phi) is 7.58. The largest absolute Gasteiger partial charge is 0.465 e. The maximum atomic E-state index is 12.6. The Labute approximate surface area is 138 Å². The van der Waals surface area contributed by atoms with E-state index < -0.39 is 23.8 Å². The second-order valence-corrected chi connectivity index (χ2v) is 5.60. The summed E-state index contributed by atoms with van der Waals surface area (Å²) in [5, 5.41) is 0.506. The Hall–Kier alpha value is -1.37. The van der Waals surface area contributed by atoms with Crippen LogP contribution in [0.1, 0.15) is 13.8 Å². The number of alkyl halides is 1. The summed E-state index contributed by atoms with van der Waals surface area (Å²) in [4.78, 5) is 38.5. The van der Waals surface area contributed by atoms with E-state index in [9.17, 15) is 14.4 Å². The standard InChI is InChI=1S/C15H22BrNO5/c1-4-7-17-9-10(8-16)11(13(17)18)12(14(19)21-5-2)15(20)22-6-3/h4,10-12H,1,5-9H2,2-3H3/t10-,11-/m1/s1. The summed E-state index contributed by atoms with van der Waals surface area (Å²) in [6, 6.07) is 0. The van der Waals surface area contributed by atoms with E-state index in [2.05, 4.69) is 22.5 Å². The summed E-state index contributed by atoms with van der Waals surface area (Å²) >= 11 is 3.36. The van der Waals surface area contributed by atoms with Crippen LogP contribution >= 0.6 is 15.9 Å². The van der Waals surface area contributed by atoms with Gasteiger partial charge < -0.3 is 14.4 Å². The van der Waals surface area contributed by atoms with E-state index >= 15 is 0 Å². The number of likely N-dealkylation sites (tertiary alicyclic amines) is 1. The highest BCUT2D eigenvalue weighted by Crippen LogP contribution is 2.34. The number of halogens is 1. The van der Waals surface area contributed by atoms with Crippen molar-refractivity contribution in [3.8, 4) is 0 Å². The molecule has 124 valence electrons. The van der Waals surface area contributed by atoms with Crippen LogP contribution in [-0.4, -0.2) is 54.4 Å². The van der Waals surface area contributed by atoms with Crippen molar-refractivity contribution >= 4 is 33.8 Å². The summed E-state index contributed by atoms with van der Waals surface area (Å²) in [6.07, 6.45) is 1.62. The molecule has 0 aliphatic carbocycles. The molecule has 0 bridgehead atoms. The third-order valence-electron chi connectivity index (χ3n) is 3.55. The predicted octanol–water partition coefficient (Wildman–Crippen LogP) is 1.38. The van der Waals surface area contributed by atoms with Gasteiger partial charge in [-0.25, -0.2) is 0 Å². The van der Waals surface area contributed by atoms with Crippen LogP contribution in [0.4, 0.5) is 0 Å². The molecular weight excluding hydrogens is 354 g/mol. The van der Waals surface area contributed by atoms with Gasteiger partial charge in [0.2, 0.25) is 5.91 Å². The zero-order valence-electron chi connectivity index (χ0n) is 12.9. The van der Waals surface area contributed by atoms with Crippen molar-refractivity contribution in [2.75, 3.05) is 31.6 Å². The lowest BCUT2D eigenvalue weighted by atomic mass is 9.84. The first-order chi connectivity index (χ1) is 10.5. The molecule has 0 spiro atoms. The van der Waals surface area contributed by atoms with E-state index in [4.69, 9.17) is 9.47 Å². The van der Waals surface area contributed by atoms with Crippen LogP contribution < -0.4 is 0 Å². The maximum Gasteiger partial charge on any atom is 0.321 e. The van der Waals surface area contributed by atoms with Gasteiger partial charge in [-0.3, -0.25) is 14.4 Å². The Morgan fingerprint density at radius 3 is 2.32 bits per heavy atom. The molecule has 1 heterocycles. The smallest absolute Gasteiger partial charge is 0.321 e. The van der Waals surface area contributed by atoms with Crippen LogP contribution in [0.25, 0.3) is 0 Å². The summed E-state index contributed by atoms with van der Waals surface area (Å²) in [5.41, 5.74) is 0. The molecule has 0 aromatic rings. The van der Waals surface area contributed by atoms with Gasteiger partial charge in [0, 0.05) is 18.4 Å². The summed E-state index contributed by atoms with van der Waals surface area (Å²) in [7, 11) is 0. The zero-order chi connectivity index (χ0) is 16.7. The normalized spacial score (nSPS) is 21.1. The van der Waals surface area contributed by atoms with E-state index in [1.165, 1.54) is 0 Å². The molecule has 1 aliphatic rings. The number of amides is 1. The van der Waals surface area contributed by atoms with Crippen molar-refractivity contribution in [1.82, 2.24) is 4.90 Å². The zero-order valence-corrected chi connectivity index (χ0v) is 14.5. The van der Waals surface area contributed by atoms with E-state index in [0.717, 1.165) is 0 Å². The minimum absolute atomic E-state index is 0.144. The fourth-order valence-electron chi connectivity index (χ4n) is 2.63. The van der Waals surface area contributed by atoms with Crippen LogP contribution in [0.5, 0.6) is 0 Å². The molecule has 0 unspecified atom stereocenters. The highest BCUT2D eigenvalue weighted by Gasteiger charge is 2.50. The van der Waals surface area contributed by atoms with Gasteiger partial charge in [0.1, 0.15) is 0 Å². The maximum absolute atomic E-state index is 12.6. The van der Waals surface area contributed by atoms with Gasteiger partial charge in [-0.1, -0.05) is 22.0 Å². The monoisotopic (exact) mass is 375 g/mol. The Balaban J connectivity index is 3.09. The first kappa shape index (κ1) is 18.7. The quantitative estimate of drug-likeness (QED) is 0.277. The molecule has 0 saturated carbocycles. The van der Waals surface area contributed by atoms with Gasteiger partial charge in [-0.15, -0.1) is 6.58 Å². The number of rotatable bonds is 8. The van der Waals surface area contributed by atoms with Gasteiger partial charge >= 0.3 is 11.9 Å². The van der Waals surface area contributed by atoms with Gasteiger partial charge in [0.25, 0.3) is 0 Å². The van der Waals surface area contributed by atoms with Crippen molar-refractivity contribution in [3.63, 3.8) is 0 Å². The lowest BCUT2D eigenvalue weighted by molar-refractivity contribution is -0.167. The first-order valence-corrected chi connectivity index (χ1v) is 8.42. The molecule has 0 N–H and O–H groups in total. The third-order valence-corrected chi connectivity index (χ3v) is 4.38. The SMILES string of the molecule is C=CCN1C[C@@H](CBr)[C@H](C(C(=O)OCC)C(=O)OCC)C1=O. The van der Waals surface area contributed by atoms with E-state index in [1.807, 2.05) is 0 Å². The van der Waals surface area contributed by atoms with E-state index in [1.54, 1.807) is 24.8 Å². The second-order valence-electron chi connectivity index (χ2n) is 4.95. The third kappa shape index (κ3) is 4.09. The Bertz CT molecular complexity index is 422. The Morgan fingerprint density at radius 2 is 1.91 bits per heavy atom. The minimum Gasteiger partial charge on any atom is -0.465 e. The number of carbonyl (C=O) groups is 3. The van der Waals surface area contributed by atoms with E-state index in [0.29, 0.717) is 18.4 Å². The van der Waals surface area contributed by atoms with Crippen molar-refractivity contribution in [2.24, 2.45) is 17.8 Å². The second kappa shape index (κ2) is 8.92. The number of carbonyl (C=O) groups excluding carboxylic acids is 3. The van der Waals surface area contributed by atoms with Crippen molar-refractivity contribution in [3.05, 3.63) is 12.7 Å². The van der Waals surface area contributed by atoms with Crippen LogP contribution in [0.2, 0.25) is 0 Å². The summed E-state index contributed by atoms with van der Waals surface area (Å²) in [5.74, 6) is -3.79. The number of hydrogen-bond donors (Lipinski definition) is 0. The fourth-order valence-corrected chi connectivity index (χ4v) is 3.24. The number of hydrogen-bond acceptors (Lipinski definition) is 5. The van der Waals surface area contributed by atoms with Gasteiger partial charge in [0.05, 0.1) is 19.1 Å². The number of esters is 2. The van der Waals surface area contributed by atoms with Crippen LogP contribution in [0.3, 0.4) is 0 Å². The highest BCUT2D eigenvalue weighted by atomic mass is 79.9. The topological polar surface area (TPSA) is 72.9 Å². The average Bonchev–Trinajstić information content (AvgIpc) is 2.78. The number of nitrogens with zero attached hydrogens (tertiary/aromatic N) is 1.